The minimum absolute atomic E-state index is 0.0277. The molecule has 3 rings (SSSR count). The number of hydrogen-bond acceptors (Lipinski definition) is 4. The first-order valence-corrected chi connectivity index (χ1v) is 9.65. The van der Waals surface area contributed by atoms with Crippen LogP contribution >= 0.6 is 23.5 Å². The van der Waals surface area contributed by atoms with Crippen molar-refractivity contribution in [3.63, 3.8) is 0 Å². The summed E-state index contributed by atoms with van der Waals surface area (Å²) in [4.78, 5) is 27.0. The molecule has 2 amide bonds. The van der Waals surface area contributed by atoms with Crippen LogP contribution < -0.4 is 5.32 Å². The molecule has 2 atom stereocenters. The standard InChI is InChI=1S/C14H22N2O2S2/c1-10-12(17)15-14(4-2-3-5-14)13(18)16(10)8-11-9-19-6-7-20-11/h10-11H,2-9H2,1H3,(H,15,17). The molecule has 0 aromatic heterocycles. The van der Waals surface area contributed by atoms with Gasteiger partial charge in [-0.05, 0) is 19.8 Å². The fraction of sp³-hybridized carbons (Fsp3) is 0.857. The number of amides is 2. The molecule has 1 spiro atoms. The molecule has 2 heterocycles. The van der Waals surface area contributed by atoms with Crippen LogP contribution in [0, 0.1) is 0 Å². The van der Waals surface area contributed by atoms with Gasteiger partial charge in [-0.3, -0.25) is 9.59 Å². The highest BCUT2D eigenvalue weighted by Gasteiger charge is 2.51. The zero-order valence-electron chi connectivity index (χ0n) is 11.9. The number of carbonyl (C=O) groups excluding carboxylic acids is 2. The van der Waals surface area contributed by atoms with Gasteiger partial charge in [-0.1, -0.05) is 12.8 Å². The number of rotatable bonds is 2. The maximum atomic E-state index is 12.9. The Morgan fingerprint density at radius 3 is 2.70 bits per heavy atom. The van der Waals surface area contributed by atoms with Crippen LogP contribution in [-0.4, -0.2) is 57.3 Å². The van der Waals surface area contributed by atoms with E-state index < -0.39 is 5.54 Å². The van der Waals surface area contributed by atoms with E-state index in [1.54, 1.807) is 0 Å². The highest BCUT2D eigenvalue weighted by atomic mass is 32.2. The summed E-state index contributed by atoms with van der Waals surface area (Å²) in [6.07, 6.45) is 3.71. The van der Waals surface area contributed by atoms with Crippen molar-refractivity contribution in [3.05, 3.63) is 0 Å². The van der Waals surface area contributed by atoms with Gasteiger partial charge in [0.05, 0.1) is 0 Å². The SMILES string of the molecule is CC1C(=O)NC2(CCCC2)C(=O)N1CC1CSCCS1. The van der Waals surface area contributed by atoms with Gasteiger partial charge in [-0.25, -0.2) is 0 Å². The third-order valence-corrected chi connectivity index (χ3v) is 7.45. The van der Waals surface area contributed by atoms with Crippen LogP contribution in [0.2, 0.25) is 0 Å². The van der Waals surface area contributed by atoms with Crippen molar-refractivity contribution in [2.75, 3.05) is 23.8 Å². The van der Waals surface area contributed by atoms with E-state index in [1.807, 2.05) is 35.3 Å². The monoisotopic (exact) mass is 314 g/mol. The van der Waals surface area contributed by atoms with Gasteiger partial charge in [0, 0.05) is 29.1 Å². The second-order valence-corrected chi connectivity index (χ2v) is 8.54. The van der Waals surface area contributed by atoms with Crippen LogP contribution in [0.5, 0.6) is 0 Å². The molecule has 2 saturated heterocycles. The van der Waals surface area contributed by atoms with Gasteiger partial charge in [0.25, 0.3) is 0 Å². The lowest BCUT2D eigenvalue weighted by Gasteiger charge is -2.44. The molecule has 3 aliphatic rings. The van der Waals surface area contributed by atoms with Crippen LogP contribution in [0.15, 0.2) is 0 Å². The Morgan fingerprint density at radius 1 is 1.30 bits per heavy atom. The summed E-state index contributed by atoms with van der Waals surface area (Å²) in [5.74, 6) is 3.65. The number of carbonyl (C=O) groups is 2. The molecule has 1 aliphatic carbocycles. The van der Waals surface area contributed by atoms with Crippen molar-refractivity contribution < 1.29 is 9.59 Å². The van der Waals surface area contributed by atoms with Gasteiger partial charge in [-0.2, -0.15) is 23.5 Å². The molecule has 0 bridgehead atoms. The number of nitrogens with zero attached hydrogens (tertiary/aromatic N) is 1. The van der Waals surface area contributed by atoms with E-state index >= 15 is 0 Å². The summed E-state index contributed by atoms with van der Waals surface area (Å²) < 4.78 is 0. The van der Waals surface area contributed by atoms with Gasteiger partial charge >= 0.3 is 0 Å². The van der Waals surface area contributed by atoms with Crippen molar-refractivity contribution in [2.24, 2.45) is 0 Å². The second-order valence-electron chi connectivity index (χ2n) is 5.98. The number of thioether (sulfide) groups is 2. The Kier molecular flexibility index (Phi) is 4.22. The number of nitrogens with one attached hydrogen (secondary N) is 1. The molecule has 1 N–H and O–H groups in total. The highest BCUT2D eigenvalue weighted by Crippen LogP contribution is 2.35. The van der Waals surface area contributed by atoms with E-state index in [-0.39, 0.29) is 17.9 Å². The average molecular weight is 314 g/mol. The number of piperazine rings is 1. The molecule has 3 fully saturated rings. The quantitative estimate of drug-likeness (QED) is 0.839. The summed E-state index contributed by atoms with van der Waals surface area (Å²) in [7, 11) is 0. The molecule has 112 valence electrons. The fourth-order valence-corrected chi connectivity index (χ4v) is 6.07. The third kappa shape index (κ3) is 2.56. The van der Waals surface area contributed by atoms with Gasteiger partial charge in [0.15, 0.2) is 0 Å². The lowest BCUT2D eigenvalue weighted by atomic mass is 9.91. The largest absolute Gasteiger partial charge is 0.340 e. The lowest BCUT2D eigenvalue weighted by molar-refractivity contribution is -0.154. The Bertz CT molecular complexity index is 404. The van der Waals surface area contributed by atoms with Gasteiger partial charge < -0.3 is 10.2 Å². The number of hydrogen-bond donors (Lipinski definition) is 1. The van der Waals surface area contributed by atoms with E-state index in [0.717, 1.165) is 43.7 Å². The van der Waals surface area contributed by atoms with E-state index in [9.17, 15) is 9.59 Å². The normalized spacial score (nSPS) is 33.5. The Labute approximate surface area is 128 Å². The molecule has 0 radical (unpaired) electrons. The van der Waals surface area contributed by atoms with Crippen molar-refractivity contribution in [1.29, 1.82) is 0 Å². The third-order valence-electron chi connectivity index (χ3n) is 4.62. The van der Waals surface area contributed by atoms with Crippen LogP contribution in [0.25, 0.3) is 0 Å². The van der Waals surface area contributed by atoms with Crippen LogP contribution in [-0.2, 0) is 9.59 Å². The molecule has 1 saturated carbocycles. The first-order valence-electron chi connectivity index (χ1n) is 7.45. The lowest BCUT2D eigenvalue weighted by Crippen LogP contribution is -2.69. The maximum absolute atomic E-state index is 12.9. The van der Waals surface area contributed by atoms with Crippen molar-refractivity contribution in [1.82, 2.24) is 10.2 Å². The topological polar surface area (TPSA) is 49.4 Å². The zero-order chi connectivity index (χ0) is 14.2. The van der Waals surface area contributed by atoms with E-state index in [0.29, 0.717) is 5.25 Å². The molecule has 20 heavy (non-hydrogen) atoms. The maximum Gasteiger partial charge on any atom is 0.249 e. The first-order chi connectivity index (χ1) is 9.62. The zero-order valence-corrected chi connectivity index (χ0v) is 13.5. The van der Waals surface area contributed by atoms with Crippen LogP contribution in [0.1, 0.15) is 32.6 Å². The van der Waals surface area contributed by atoms with Crippen molar-refractivity contribution in [2.45, 2.75) is 49.4 Å². The summed E-state index contributed by atoms with van der Waals surface area (Å²) in [5.41, 5.74) is -0.573. The van der Waals surface area contributed by atoms with E-state index in [4.69, 9.17) is 0 Å². The predicted molar refractivity (Wildman–Crippen MR) is 84.1 cm³/mol. The van der Waals surface area contributed by atoms with Crippen molar-refractivity contribution >= 4 is 35.3 Å². The summed E-state index contributed by atoms with van der Waals surface area (Å²) in [6.45, 7) is 2.59. The molecule has 4 nitrogen and oxygen atoms in total. The smallest absolute Gasteiger partial charge is 0.249 e. The Morgan fingerprint density at radius 2 is 2.05 bits per heavy atom. The van der Waals surface area contributed by atoms with Crippen LogP contribution in [0.4, 0.5) is 0 Å². The molecular weight excluding hydrogens is 292 g/mol. The summed E-state index contributed by atoms with van der Waals surface area (Å²) in [5, 5.41) is 3.49. The molecule has 0 aromatic rings. The minimum Gasteiger partial charge on any atom is -0.340 e. The van der Waals surface area contributed by atoms with Crippen LogP contribution in [0.3, 0.4) is 0 Å². The fourth-order valence-electron chi connectivity index (χ4n) is 3.41. The second kappa shape index (κ2) is 5.79. The van der Waals surface area contributed by atoms with E-state index in [2.05, 4.69) is 5.32 Å². The Hall–Kier alpha value is -0.360. The predicted octanol–water partition coefficient (Wildman–Crippen LogP) is 1.49. The highest BCUT2D eigenvalue weighted by molar-refractivity contribution is 8.06. The molecular formula is C14H22N2O2S2. The summed E-state index contributed by atoms with van der Waals surface area (Å²) in [6, 6.07) is -0.318. The first kappa shape index (κ1) is 14.6. The minimum atomic E-state index is -0.573. The van der Waals surface area contributed by atoms with Gasteiger partial charge in [0.2, 0.25) is 11.8 Å². The molecule has 6 heteroatoms. The molecule has 2 aliphatic heterocycles. The van der Waals surface area contributed by atoms with Gasteiger partial charge in [0.1, 0.15) is 11.6 Å². The molecule has 0 aromatic carbocycles. The van der Waals surface area contributed by atoms with Gasteiger partial charge in [-0.15, -0.1) is 0 Å². The average Bonchev–Trinajstić information content (AvgIpc) is 2.92. The van der Waals surface area contributed by atoms with E-state index in [1.165, 1.54) is 5.75 Å². The Balaban J connectivity index is 1.75. The molecule has 2 unspecified atom stereocenters. The summed E-state index contributed by atoms with van der Waals surface area (Å²) >= 11 is 3.91. The van der Waals surface area contributed by atoms with Crippen molar-refractivity contribution in [3.8, 4) is 0 Å².